The molecular weight excluding hydrogens is 346 g/mol. The van der Waals surface area contributed by atoms with Gasteiger partial charge in [0.05, 0.1) is 16.0 Å². The van der Waals surface area contributed by atoms with Crippen LogP contribution in [0.1, 0.15) is 34.5 Å². The Kier molecular flexibility index (Phi) is 5.35. The molecule has 2 rings (SSSR count). The van der Waals surface area contributed by atoms with E-state index in [2.05, 4.69) is 0 Å². The normalized spacial score (nSPS) is 12.7. The summed E-state index contributed by atoms with van der Waals surface area (Å²) < 4.78 is 23.6. The maximum absolute atomic E-state index is 12.7. The molecule has 0 radical (unpaired) electrons. The van der Waals surface area contributed by atoms with Crippen molar-refractivity contribution >= 4 is 27.3 Å². The van der Waals surface area contributed by atoms with E-state index in [1.54, 1.807) is 11.9 Å². The fourth-order valence-electron chi connectivity index (χ4n) is 2.37. The number of rotatable bonds is 4. The smallest absolute Gasteiger partial charge is 0.254 e. The highest BCUT2D eigenvalue weighted by Gasteiger charge is 2.21. The van der Waals surface area contributed by atoms with E-state index < -0.39 is 9.84 Å². The van der Waals surface area contributed by atoms with Crippen LogP contribution in [0.5, 0.6) is 0 Å². The number of benzene rings is 2. The van der Waals surface area contributed by atoms with Gasteiger partial charge in [-0.15, -0.1) is 0 Å². The molecule has 0 aliphatic carbocycles. The summed E-state index contributed by atoms with van der Waals surface area (Å²) in [4.78, 5) is 14.3. The zero-order valence-electron chi connectivity index (χ0n) is 14.1. The summed E-state index contributed by atoms with van der Waals surface area (Å²) in [5, 5.41) is 0.114. The number of hydrogen-bond acceptors (Lipinski definition) is 3. The van der Waals surface area contributed by atoms with Crippen molar-refractivity contribution in [2.75, 3.05) is 13.3 Å². The first-order chi connectivity index (χ1) is 11.1. The Morgan fingerprint density at radius 1 is 1.12 bits per heavy atom. The number of halogens is 1. The second-order valence-electron chi connectivity index (χ2n) is 5.92. The Morgan fingerprint density at radius 3 is 2.25 bits per heavy atom. The van der Waals surface area contributed by atoms with Gasteiger partial charge in [-0.2, -0.15) is 0 Å². The maximum Gasteiger partial charge on any atom is 0.254 e. The van der Waals surface area contributed by atoms with Gasteiger partial charge in [0.1, 0.15) is 0 Å². The van der Waals surface area contributed by atoms with Gasteiger partial charge >= 0.3 is 0 Å². The number of nitrogens with zero attached hydrogens (tertiary/aromatic N) is 1. The Bertz CT molecular complexity index is 860. The quantitative estimate of drug-likeness (QED) is 0.826. The van der Waals surface area contributed by atoms with Crippen molar-refractivity contribution in [2.45, 2.75) is 24.8 Å². The van der Waals surface area contributed by atoms with Crippen LogP contribution in [0.15, 0.2) is 47.4 Å². The molecule has 0 saturated carbocycles. The molecule has 0 N–H and O–H groups in total. The lowest BCUT2D eigenvalue weighted by Gasteiger charge is -2.26. The Balaban J connectivity index is 2.32. The van der Waals surface area contributed by atoms with E-state index >= 15 is 0 Å². The van der Waals surface area contributed by atoms with Crippen LogP contribution < -0.4 is 0 Å². The van der Waals surface area contributed by atoms with Crippen LogP contribution in [0, 0.1) is 6.92 Å². The summed E-state index contributed by atoms with van der Waals surface area (Å²) in [6.07, 6.45) is 1.07. The Labute approximate surface area is 148 Å². The molecule has 4 nitrogen and oxygen atoms in total. The standard InChI is InChI=1S/C18H20ClNO3S/c1-12-5-7-14(8-6-12)13(2)20(3)18(21)15-9-10-16(19)17(11-15)24(4,22)23/h5-11,13H,1-4H3. The number of hydrogen-bond donors (Lipinski definition) is 0. The minimum Gasteiger partial charge on any atom is -0.335 e. The Hall–Kier alpha value is -1.85. The second kappa shape index (κ2) is 6.95. The van der Waals surface area contributed by atoms with Gasteiger partial charge in [0.25, 0.3) is 5.91 Å². The lowest BCUT2D eigenvalue weighted by atomic mass is 10.0. The molecule has 24 heavy (non-hydrogen) atoms. The third-order valence-corrected chi connectivity index (χ3v) is 5.62. The molecule has 2 aromatic rings. The van der Waals surface area contributed by atoms with Crippen molar-refractivity contribution in [1.29, 1.82) is 0 Å². The van der Waals surface area contributed by atoms with Crippen LogP contribution in [0.4, 0.5) is 0 Å². The van der Waals surface area contributed by atoms with Crippen LogP contribution in [-0.2, 0) is 9.84 Å². The molecule has 0 bridgehead atoms. The van der Waals surface area contributed by atoms with Crippen molar-refractivity contribution in [1.82, 2.24) is 4.90 Å². The predicted octanol–water partition coefficient (Wildman–Crippen LogP) is 3.89. The molecule has 1 atom stereocenters. The summed E-state index contributed by atoms with van der Waals surface area (Å²) in [6, 6.07) is 12.1. The van der Waals surface area contributed by atoms with E-state index in [4.69, 9.17) is 11.6 Å². The highest BCUT2D eigenvalue weighted by Crippen LogP contribution is 2.25. The zero-order valence-corrected chi connectivity index (χ0v) is 15.6. The molecule has 0 fully saturated rings. The van der Waals surface area contributed by atoms with E-state index in [1.165, 1.54) is 18.2 Å². The molecule has 0 aromatic heterocycles. The van der Waals surface area contributed by atoms with Crippen LogP contribution in [-0.4, -0.2) is 32.5 Å². The SMILES string of the molecule is Cc1ccc(C(C)N(C)C(=O)c2ccc(Cl)c(S(C)(=O)=O)c2)cc1. The van der Waals surface area contributed by atoms with Gasteiger partial charge in [-0.05, 0) is 37.6 Å². The number of amides is 1. The molecule has 0 aliphatic rings. The molecule has 1 unspecified atom stereocenters. The van der Waals surface area contributed by atoms with Crippen molar-refractivity contribution in [3.8, 4) is 0 Å². The minimum atomic E-state index is -3.50. The van der Waals surface area contributed by atoms with Gasteiger partial charge in [0.2, 0.25) is 0 Å². The molecule has 0 heterocycles. The highest BCUT2D eigenvalue weighted by atomic mass is 35.5. The van der Waals surface area contributed by atoms with Crippen LogP contribution >= 0.6 is 11.6 Å². The number of aryl methyl sites for hydroxylation is 1. The maximum atomic E-state index is 12.7. The van der Waals surface area contributed by atoms with Crippen molar-refractivity contribution in [3.63, 3.8) is 0 Å². The average molecular weight is 366 g/mol. The summed E-state index contributed by atoms with van der Waals surface area (Å²) >= 11 is 5.93. The molecule has 0 aliphatic heterocycles. The Morgan fingerprint density at radius 2 is 1.71 bits per heavy atom. The van der Waals surface area contributed by atoms with E-state index in [9.17, 15) is 13.2 Å². The first-order valence-electron chi connectivity index (χ1n) is 7.44. The van der Waals surface area contributed by atoms with Gasteiger partial charge in [0, 0.05) is 18.9 Å². The first-order valence-corrected chi connectivity index (χ1v) is 9.71. The predicted molar refractivity (Wildman–Crippen MR) is 96.2 cm³/mol. The molecule has 6 heteroatoms. The topological polar surface area (TPSA) is 54.5 Å². The van der Waals surface area contributed by atoms with Gasteiger partial charge in [0.15, 0.2) is 9.84 Å². The summed E-state index contributed by atoms with van der Waals surface area (Å²) in [6.45, 7) is 3.93. The lowest BCUT2D eigenvalue weighted by Crippen LogP contribution is -2.29. The van der Waals surface area contributed by atoms with Gasteiger partial charge < -0.3 is 4.90 Å². The number of carbonyl (C=O) groups excluding carboxylic acids is 1. The van der Waals surface area contributed by atoms with Crippen molar-refractivity contribution in [3.05, 3.63) is 64.2 Å². The molecule has 0 saturated heterocycles. The molecular formula is C18H20ClNO3S. The van der Waals surface area contributed by atoms with Crippen molar-refractivity contribution < 1.29 is 13.2 Å². The molecule has 0 spiro atoms. The summed E-state index contributed by atoms with van der Waals surface area (Å²) in [5.74, 6) is -0.260. The second-order valence-corrected chi connectivity index (χ2v) is 8.31. The highest BCUT2D eigenvalue weighted by molar-refractivity contribution is 7.90. The van der Waals surface area contributed by atoms with Crippen LogP contribution in [0.25, 0.3) is 0 Å². The molecule has 2 aromatic carbocycles. The first kappa shape index (κ1) is 18.5. The fourth-order valence-corrected chi connectivity index (χ4v) is 3.67. The largest absolute Gasteiger partial charge is 0.335 e. The third kappa shape index (κ3) is 3.97. The van der Waals surface area contributed by atoms with E-state index in [0.717, 1.165) is 17.4 Å². The average Bonchev–Trinajstić information content (AvgIpc) is 2.53. The minimum absolute atomic E-state index is 0.0357. The fraction of sp³-hybridized carbons (Fsp3) is 0.278. The van der Waals surface area contributed by atoms with Gasteiger partial charge in [-0.25, -0.2) is 8.42 Å². The van der Waals surface area contributed by atoms with E-state index in [0.29, 0.717) is 5.56 Å². The van der Waals surface area contributed by atoms with Crippen LogP contribution in [0.2, 0.25) is 5.02 Å². The van der Waals surface area contributed by atoms with Crippen molar-refractivity contribution in [2.24, 2.45) is 0 Å². The number of sulfone groups is 1. The summed E-state index contributed by atoms with van der Waals surface area (Å²) in [7, 11) is -1.80. The van der Waals surface area contributed by atoms with Gasteiger partial charge in [-0.1, -0.05) is 41.4 Å². The van der Waals surface area contributed by atoms with Gasteiger partial charge in [-0.3, -0.25) is 4.79 Å². The van der Waals surface area contributed by atoms with E-state index in [-0.39, 0.29) is 21.9 Å². The molecule has 128 valence electrons. The summed E-state index contributed by atoms with van der Waals surface area (Å²) in [5.41, 5.74) is 2.45. The molecule has 1 amide bonds. The number of carbonyl (C=O) groups is 1. The zero-order chi connectivity index (χ0) is 18.1. The van der Waals surface area contributed by atoms with E-state index in [1.807, 2.05) is 38.1 Å². The third-order valence-electron chi connectivity index (χ3n) is 4.04. The lowest BCUT2D eigenvalue weighted by molar-refractivity contribution is 0.0742. The van der Waals surface area contributed by atoms with Crippen LogP contribution in [0.3, 0.4) is 0 Å². The monoisotopic (exact) mass is 365 g/mol.